The number of benzene rings is 9. The molecule has 0 spiro atoms. The van der Waals surface area contributed by atoms with Crippen LogP contribution in [0.5, 0.6) is 0 Å². The van der Waals surface area contributed by atoms with Gasteiger partial charge in [-0.1, -0.05) is 164 Å². The normalized spacial score (nSPS) is 11.4. The van der Waals surface area contributed by atoms with Crippen LogP contribution < -0.4 is 4.90 Å². The Morgan fingerprint density at radius 3 is 1.59 bits per heavy atom. The molecule has 0 amide bonds. The summed E-state index contributed by atoms with van der Waals surface area (Å²) in [5, 5.41) is 6.73. The van der Waals surface area contributed by atoms with Gasteiger partial charge in [-0.2, -0.15) is 0 Å². The lowest BCUT2D eigenvalue weighted by molar-refractivity contribution is 0.669. The molecule has 5 nitrogen and oxygen atoms in total. The fourth-order valence-electron chi connectivity index (χ4n) is 8.15. The smallest absolute Gasteiger partial charge is 0.164 e. The van der Waals surface area contributed by atoms with Crippen LogP contribution in [0.3, 0.4) is 0 Å². The van der Waals surface area contributed by atoms with E-state index in [2.05, 4.69) is 138 Å². The number of hydrogen-bond acceptors (Lipinski definition) is 5. The monoisotopic (exact) mass is 742 g/mol. The van der Waals surface area contributed by atoms with E-state index in [1.54, 1.807) is 0 Å². The highest BCUT2D eigenvalue weighted by Crippen LogP contribution is 2.45. The first-order chi connectivity index (χ1) is 28.7. The second-order valence-corrected chi connectivity index (χ2v) is 14.4. The van der Waals surface area contributed by atoms with E-state index < -0.39 is 0 Å². The predicted octanol–water partition coefficient (Wildman–Crippen LogP) is 14.2. The van der Waals surface area contributed by atoms with Gasteiger partial charge < -0.3 is 9.32 Å². The first kappa shape index (κ1) is 33.4. The van der Waals surface area contributed by atoms with Crippen LogP contribution in [0.1, 0.15) is 0 Å². The van der Waals surface area contributed by atoms with Crippen LogP contribution in [-0.2, 0) is 0 Å². The molecule has 58 heavy (non-hydrogen) atoms. The Kier molecular flexibility index (Phi) is 8.07. The zero-order valence-corrected chi connectivity index (χ0v) is 31.3. The van der Waals surface area contributed by atoms with Crippen LogP contribution in [0.4, 0.5) is 17.1 Å². The summed E-state index contributed by atoms with van der Waals surface area (Å²) in [5.41, 5.74) is 9.74. The molecule has 0 saturated heterocycles. The highest BCUT2D eigenvalue weighted by Gasteiger charge is 2.22. The van der Waals surface area contributed by atoms with Crippen LogP contribution in [0.25, 0.3) is 88.8 Å². The van der Waals surface area contributed by atoms with Gasteiger partial charge in [0.15, 0.2) is 17.5 Å². The van der Waals surface area contributed by atoms with Gasteiger partial charge in [0.2, 0.25) is 0 Å². The summed E-state index contributed by atoms with van der Waals surface area (Å²) < 4.78 is 6.74. The second-order valence-electron chi connectivity index (χ2n) is 14.4. The minimum Gasteiger partial charge on any atom is -0.456 e. The largest absolute Gasteiger partial charge is 0.456 e. The van der Waals surface area contributed by atoms with E-state index in [0.717, 1.165) is 61.3 Å². The number of aromatic nitrogens is 3. The summed E-state index contributed by atoms with van der Waals surface area (Å²) in [6.07, 6.45) is 0. The van der Waals surface area contributed by atoms with Crippen molar-refractivity contribution in [1.82, 2.24) is 15.0 Å². The Morgan fingerprint density at radius 1 is 0.345 bits per heavy atom. The molecule has 0 aliphatic rings. The van der Waals surface area contributed by atoms with E-state index in [1.165, 1.54) is 27.1 Å². The Morgan fingerprint density at radius 2 is 0.897 bits per heavy atom. The third-order valence-corrected chi connectivity index (χ3v) is 10.9. The highest BCUT2D eigenvalue weighted by molar-refractivity contribution is 6.16. The fourth-order valence-corrected chi connectivity index (χ4v) is 8.15. The SMILES string of the molecule is c1ccc(-c2ccc(N(c3ccc4c(c3)oc3cccc(-c5nc(-c6ccccc6)nc(-c6ccccc6)n5)c34)c3cc4ccccc4c4ccccc34)cc2)cc1. The van der Waals surface area contributed by atoms with Gasteiger partial charge >= 0.3 is 0 Å². The molecule has 9 aromatic carbocycles. The molecule has 0 aliphatic heterocycles. The van der Waals surface area contributed by atoms with Gasteiger partial charge in [0.1, 0.15) is 11.2 Å². The van der Waals surface area contributed by atoms with Crippen molar-refractivity contribution in [2.45, 2.75) is 0 Å². The lowest BCUT2D eigenvalue weighted by Gasteiger charge is -2.27. The first-order valence-electron chi connectivity index (χ1n) is 19.4. The summed E-state index contributed by atoms with van der Waals surface area (Å²) >= 11 is 0. The summed E-state index contributed by atoms with van der Waals surface area (Å²) in [7, 11) is 0. The third-order valence-electron chi connectivity index (χ3n) is 10.9. The molecule has 0 atom stereocenters. The average molecular weight is 743 g/mol. The second kappa shape index (κ2) is 14.0. The Bertz CT molecular complexity index is 3210. The minimum atomic E-state index is 0.591. The molecule has 2 heterocycles. The van der Waals surface area contributed by atoms with Crippen molar-refractivity contribution in [2.75, 3.05) is 4.90 Å². The van der Waals surface area contributed by atoms with Gasteiger partial charge in [0.25, 0.3) is 0 Å². The maximum atomic E-state index is 6.74. The van der Waals surface area contributed by atoms with E-state index in [9.17, 15) is 0 Å². The Balaban J connectivity index is 1.10. The summed E-state index contributed by atoms with van der Waals surface area (Å²) in [4.78, 5) is 17.4. The van der Waals surface area contributed by atoms with Gasteiger partial charge in [0, 0.05) is 50.3 Å². The molecule has 0 aliphatic carbocycles. The zero-order chi connectivity index (χ0) is 38.4. The Labute approximate surface area is 335 Å². The molecule has 0 N–H and O–H groups in total. The van der Waals surface area contributed by atoms with Gasteiger partial charge in [0.05, 0.1) is 5.69 Å². The molecule has 0 bridgehead atoms. The number of rotatable bonds is 7. The van der Waals surface area contributed by atoms with Crippen molar-refractivity contribution < 1.29 is 4.42 Å². The molecule has 0 saturated carbocycles. The van der Waals surface area contributed by atoms with E-state index in [-0.39, 0.29) is 0 Å². The van der Waals surface area contributed by atoms with E-state index in [4.69, 9.17) is 19.4 Å². The number of anilines is 3. The van der Waals surface area contributed by atoms with E-state index >= 15 is 0 Å². The van der Waals surface area contributed by atoms with Crippen LogP contribution in [0, 0.1) is 0 Å². The molecule has 0 radical (unpaired) electrons. The number of fused-ring (bicyclic) bond motifs is 6. The standard InChI is InChI=1S/C53H34N4O/c1-4-15-35(16-5-1)36-27-29-40(30-28-36)57(47-33-39-21-10-11-22-42(39)43-23-12-13-24-44(43)47)41-31-32-45-49(34-41)58-48-26-14-25-46(50(45)48)53-55-51(37-17-6-2-7-18-37)54-52(56-53)38-19-8-3-9-20-38/h1-34H. The summed E-state index contributed by atoms with van der Waals surface area (Å²) in [5.74, 6) is 1.83. The lowest BCUT2D eigenvalue weighted by Crippen LogP contribution is -2.10. The predicted molar refractivity (Wildman–Crippen MR) is 239 cm³/mol. The van der Waals surface area contributed by atoms with Crippen molar-refractivity contribution >= 4 is 60.5 Å². The maximum absolute atomic E-state index is 6.74. The third kappa shape index (κ3) is 5.85. The molecule has 5 heteroatoms. The molecular formula is C53H34N4O. The van der Waals surface area contributed by atoms with E-state index in [0.29, 0.717) is 17.5 Å². The minimum absolute atomic E-state index is 0.591. The van der Waals surface area contributed by atoms with Gasteiger partial charge in [-0.25, -0.2) is 15.0 Å². The van der Waals surface area contributed by atoms with Crippen LogP contribution in [-0.4, -0.2) is 15.0 Å². The molecule has 11 aromatic rings. The zero-order valence-electron chi connectivity index (χ0n) is 31.3. The number of furan rings is 1. The van der Waals surface area contributed by atoms with Crippen LogP contribution >= 0.6 is 0 Å². The van der Waals surface area contributed by atoms with Gasteiger partial charge in [-0.15, -0.1) is 0 Å². The maximum Gasteiger partial charge on any atom is 0.164 e. The quantitative estimate of drug-likeness (QED) is 0.152. The van der Waals surface area contributed by atoms with Crippen molar-refractivity contribution in [2.24, 2.45) is 0 Å². The van der Waals surface area contributed by atoms with Gasteiger partial charge in [-0.3, -0.25) is 0 Å². The average Bonchev–Trinajstić information content (AvgIpc) is 3.68. The van der Waals surface area contributed by atoms with Crippen molar-refractivity contribution in [3.8, 4) is 45.3 Å². The topological polar surface area (TPSA) is 55.1 Å². The Hall–Kier alpha value is -7.89. The van der Waals surface area contributed by atoms with E-state index in [1.807, 2.05) is 72.8 Å². The number of nitrogens with zero attached hydrogens (tertiary/aromatic N) is 4. The van der Waals surface area contributed by atoms with Gasteiger partial charge in [-0.05, 0) is 63.7 Å². The van der Waals surface area contributed by atoms with Crippen molar-refractivity contribution in [3.63, 3.8) is 0 Å². The van der Waals surface area contributed by atoms with Crippen molar-refractivity contribution in [1.29, 1.82) is 0 Å². The van der Waals surface area contributed by atoms with Crippen molar-refractivity contribution in [3.05, 3.63) is 206 Å². The molecule has 0 unspecified atom stereocenters. The molecular weight excluding hydrogens is 709 g/mol. The first-order valence-corrected chi connectivity index (χ1v) is 19.4. The fraction of sp³-hybridized carbons (Fsp3) is 0. The molecule has 272 valence electrons. The summed E-state index contributed by atoms with van der Waals surface area (Å²) in [6.45, 7) is 0. The number of hydrogen-bond donors (Lipinski definition) is 0. The van der Waals surface area contributed by atoms with Crippen LogP contribution in [0.15, 0.2) is 211 Å². The molecule has 0 fully saturated rings. The highest BCUT2D eigenvalue weighted by atomic mass is 16.3. The lowest BCUT2D eigenvalue weighted by atomic mass is 9.98. The summed E-state index contributed by atoms with van der Waals surface area (Å²) in [6, 6.07) is 71.7. The molecule has 2 aromatic heterocycles. The molecule has 11 rings (SSSR count). The van der Waals surface area contributed by atoms with Crippen LogP contribution in [0.2, 0.25) is 0 Å².